The molecule has 1 amide bonds. The number of hydrogen-bond acceptors (Lipinski definition) is 3. The Morgan fingerprint density at radius 3 is 3.11 bits per heavy atom. The molecule has 1 fully saturated rings. The van der Waals surface area contributed by atoms with Crippen LogP contribution in [0.1, 0.15) is 23.2 Å². The van der Waals surface area contributed by atoms with Crippen molar-refractivity contribution >= 4 is 5.91 Å². The first-order chi connectivity index (χ1) is 8.59. The quantitative estimate of drug-likeness (QED) is 0.840. The number of nitrogens with zero attached hydrogens (tertiary/aromatic N) is 1. The molecule has 0 radical (unpaired) electrons. The summed E-state index contributed by atoms with van der Waals surface area (Å²) in [5.74, 6) is -0.561. The van der Waals surface area contributed by atoms with Crippen LogP contribution in [0.15, 0.2) is 23.1 Å². The lowest BCUT2D eigenvalue weighted by molar-refractivity contribution is -0.0871. The van der Waals surface area contributed by atoms with E-state index in [2.05, 4.69) is 5.32 Å². The summed E-state index contributed by atoms with van der Waals surface area (Å²) in [7, 11) is 1.56. The fraction of sp³-hybridized carbons (Fsp3) is 0.500. The Labute approximate surface area is 104 Å². The van der Waals surface area contributed by atoms with Crippen LogP contribution in [0.5, 0.6) is 0 Å². The molecule has 0 saturated carbocycles. The first kappa shape index (κ1) is 12.8. The van der Waals surface area contributed by atoms with E-state index in [0.717, 1.165) is 0 Å². The van der Waals surface area contributed by atoms with Crippen LogP contribution in [0, 0.1) is 0 Å². The van der Waals surface area contributed by atoms with E-state index in [1.54, 1.807) is 19.3 Å². The largest absolute Gasteiger partial charge is 0.347 e. The van der Waals surface area contributed by atoms with Gasteiger partial charge in [0.05, 0.1) is 12.6 Å². The first-order valence-corrected chi connectivity index (χ1v) is 5.82. The molecule has 0 aromatic carbocycles. The molecule has 0 aliphatic carbocycles. The predicted octanol–water partition coefficient (Wildman–Crippen LogP) is 0.590. The van der Waals surface area contributed by atoms with Crippen LogP contribution in [0.3, 0.4) is 0 Å². The monoisotopic (exact) mass is 254 g/mol. The molecular weight excluding hydrogens is 239 g/mol. The van der Waals surface area contributed by atoms with Crippen LogP contribution in [-0.4, -0.2) is 29.5 Å². The van der Waals surface area contributed by atoms with E-state index in [1.807, 2.05) is 0 Å². The second kappa shape index (κ2) is 5.30. The Bertz CT molecular complexity index is 500. The van der Waals surface area contributed by atoms with Crippen LogP contribution in [0.25, 0.3) is 0 Å². The van der Waals surface area contributed by atoms with Crippen molar-refractivity contribution < 1.29 is 13.9 Å². The van der Waals surface area contributed by atoms with Gasteiger partial charge in [-0.2, -0.15) is 0 Å². The minimum absolute atomic E-state index is 0.0118. The molecule has 5 nitrogen and oxygen atoms in total. The number of ether oxygens (including phenoxy) is 1. The van der Waals surface area contributed by atoms with Crippen LogP contribution in [0.4, 0.5) is 4.39 Å². The second-order valence-corrected chi connectivity index (χ2v) is 4.28. The number of hydrogen-bond donors (Lipinski definition) is 1. The lowest BCUT2D eigenvalue weighted by Gasteiger charge is -2.26. The SMILES string of the molecule is Cn1cccc(C(=O)NC2CCCOC2F)c1=O. The predicted molar refractivity (Wildman–Crippen MR) is 63.0 cm³/mol. The van der Waals surface area contributed by atoms with Gasteiger partial charge in [-0.3, -0.25) is 9.59 Å². The van der Waals surface area contributed by atoms with E-state index >= 15 is 0 Å². The zero-order valence-electron chi connectivity index (χ0n) is 10.1. The molecule has 2 heterocycles. The van der Waals surface area contributed by atoms with Crippen LogP contribution in [0.2, 0.25) is 0 Å². The molecule has 1 N–H and O–H groups in total. The normalized spacial score (nSPS) is 23.7. The highest BCUT2D eigenvalue weighted by Crippen LogP contribution is 2.15. The number of carbonyl (C=O) groups excluding carboxylic acids is 1. The summed E-state index contributed by atoms with van der Waals surface area (Å²) in [5, 5.41) is 2.50. The molecule has 1 saturated heterocycles. The standard InChI is InChI=1S/C12H15FN2O3/c1-15-6-2-4-8(12(15)17)11(16)14-9-5-3-7-18-10(9)13/h2,4,6,9-10H,3,5,7H2,1H3,(H,14,16). The average Bonchev–Trinajstić information content (AvgIpc) is 2.35. The smallest absolute Gasteiger partial charge is 0.263 e. The number of amides is 1. The third kappa shape index (κ3) is 2.59. The Kier molecular flexibility index (Phi) is 3.76. The van der Waals surface area contributed by atoms with Crippen molar-refractivity contribution in [3.63, 3.8) is 0 Å². The third-order valence-electron chi connectivity index (χ3n) is 2.94. The maximum atomic E-state index is 13.4. The van der Waals surface area contributed by atoms with Crippen molar-refractivity contribution in [2.24, 2.45) is 7.05 Å². The Balaban J connectivity index is 2.12. The van der Waals surface area contributed by atoms with Gasteiger partial charge in [0, 0.05) is 13.2 Å². The second-order valence-electron chi connectivity index (χ2n) is 4.28. The Morgan fingerprint density at radius 1 is 1.61 bits per heavy atom. The molecular formula is C12H15FN2O3. The number of aromatic nitrogens is 1. The number of alkyl halides is 1. The molecule has 0 bridgehead atoms. The molecule has 2 rings (SSSR count). The minimum Gasteiger partial charge on any atom is -0.347 e. The molecule has 2 unspecified atom stereocenters. The van der Waals surface area contributed by atoms with Gasteiger partial charge in [0.25, 0.3) is 11.5 Å². The third-order valence-corrected chi connectivity index (χ3v) is 2.94. The Morgan fingerprint density at radius 2 is 2.39 bits per heavy atom. The van der Waals surface area contributed by atoms with Crippen LogP contribution < -0.4 is 10.9 Å². The molecule has 18 heavy (non-hydrogen) atoms. The number of rotatable bonds is 2. The summed E-state index contributed by atoms with van der Waals surface area (Å²) in [6.45, 7) is 0.362. The van der Waals surface area contributed by atoms with Gasteiger partial charge < -0.3 is 14.6 Å². The van der Waals surface area contributed by atoms with E-state index in [1.165, 1.54) is 10.6 Å². The van der Waals surface area contributed by atoms with Gasteiger partial charge in [0.2, 0.25) is 6.36 Å². The Hall–Kier alpha value is -1.69. The van der Waals surface area contributed by atoms with Crippen molar-refractivity contribution in [2.75, 3.05) is 6.61 Å². The number of carbonyl (C=O) groups is 1. The average molecular weight is 254 g/mol. The van der Waals surface area contributed by atoms with Gasteiger partial charge in [-0.1, -0.05) is 0 Å². The maximum Gasteiger partial charge on any atom is 0.263 e. The summed E-state index contributed by atoms with van der Waals surface area (Å²) in [4.78, 5) is 23.6. The van der Waals surface area contributed by atoms with E-state index in [-0.39, 0.29) is 5.56 Å². The van der Waals surface area contributed by atoms with Crippen molar-refractivity contribution in [3.05, 3.63) is 34.2 Å². The van der Waals surface area contributed by atoms with Gasteiger partial charge in [0.15, 0.2) is 0 Å². The molecule has 1 aromatic rings. The van der Waals surface area contributed by atoms with Gasteiger partial charge in [-0.15, -0.1) is 0 Å². The fourth-order valence-electron chi connectivity index (χ4n) is 1.90. The van der Waals surface area contributed by atoms with Crippen molar-refractivity contribution in [2.45, 2.75) is 25.2 Å². The van der Waals surface area contributed by atoms with E-state index in [9.17, 15) is 14.0 Å². The molecule has 0 spiro atoms. The topological polar surface area (TPSA) is 60.3 Å². The van der Waals surface area contributed by atoms with Crippen LogP contribution >= 0.6 is 0 Å². The van der Waals surface area contributed by atoms with E-state index in [0.29, 0.717) is 19.4 Å². The summed E-state index contributed by atoms with van der Waals surface area (Å²) in [5.41, 5.74) is -0.389. The lowest BCUT2D eigenvalue weighted by Crippen LogP contribution is -2.46. The highest BCUT2D eigenvalue weighted by Gasteiger charge is 2.27. The van der Waals surface area contributed by atoms with E-state index < -0.39 is 23.9 Å². The highest BCUT2D eigenvalue weighted by molar-refractivity contribution is 5.94. The number of halogens is 1. The summed E-state index contributed by atoms with van der Waals surface area (Å²) in [6.07, 6.45) is 1.26. The molecule has 1 aliphatic rings. The number of pyridine rings is 1. The summed E-state index contributed by atoms with van der Waals surface area (Å²) < 4.78 is 19.5. The molecule has 1 aromatic heterocycles. The maximum absolute atomic E-state index is 13.4. The number of aryl methyl sites for hydroxylation is 1. The number of nitrogens with one attached hydrogen (secondary N) is 1. The van der Waals surface area contributed by atoms with Gasteiger partial charge in [0.1, 0.15) is 5.56 Å². The first-order valence-electron chi connectivity index (χ1n) is 5.82. The minimum atomic E-state index is -1.50. The van der Waals surface area contributed by atoms with Gasteiger partial charge in [-0.05, 0) is 25.0 Å². The van der Waals surface area contributed by atoms with Gasteiger partial charge >= 0.3 is 0 Å². The zero-order chi connectivity index (χ0) is 13.1. The molecule has 2 atom stereocenters. The van der Waals surface area contributed by atoms with Crippen molar-refractivity contribution in [3.8, 4) is 0 Å². The highest BCUT2D eigenvalue weighted by atomic mass is 19.1. The summed E-state index contributed by atoms with van der Waals surface area (Å²) >= 11 is 0. The van der Waals surface area contributed by atoms with E-state index in [4.69, 9.17) is 4.74 Å². The van der Waals surface area contributed by atoms with Gasteiger partial charge in [-0.25, -0.2) is 4.39 Å². The zero-order valence-corrected chi connectivity index (χ0v) is 10.1. The van der Waals surface area contributed by atoms with Crippen molar-refractivity contribution in [1.29, 1.82) is 0 Å². The molecule has 6 heteroatoms. The molecule has 98 valence electrons. The van der Waals surface area contributed by atoms with Crippen LogP contribution in [-0.2, 0) is 11.8 Å². The van der Waals surface area contributed by atoms with Crippen molar-refractivity contribution in [1.82, 2.24) is 9.88 Å². The fourth-order valence-corrected chi connectivity index (χ4v) is 1.90. The summed E-state index contributed by atoms with van der Waals surface area (Å²) in [6, 6.07) is 2.34. The lowest BCUT2D eigenvalue weighted by atomic mass is 10.1. The molecule has 1 aliphatic heterocycles.